The van der Waals surface area contributed by atoms with Crippen molar-refractivity contribution in [2.45, 2.75) is 23.2 Å². The molecule has 1 aromatic heterocycles. The van der Waals surface area contributed by atoms with Gasteiger partial charge in [0.2, 0.25) is 5.91 Å². The summed E-state index contributed by atoms with van der Waals surface area (Å²) in [6.45, 7) is -0.352. The lowest BCUT2D eigenvalue weighted by atomic mass is 9.99. The molecule has 1 aliphatic heterocycles. The fourth-order valence-electron chi connectivity index (χ4n) is 3.09. The van der Waals surface area contributed by atoms with E-state index in [4.69, 9.17) is 4.74 Å². The number of thiophene rings is 1. The molecule has 0 bridgehead atoms. The zero-order chi connectivity index (χ0) is 23.4. The van der Waals surface area contributed by atoms with Gasteiger partial charge in [0.25, 0.3) is 15.9 Å². The number of hydrogen-bond acceptors (Lipinski definition) is 6. The van der Waals surface area contributed by atoms with Gasteiger partial charge in [-0.15, -0.1) is 11.3 Å². The average Bonchev–Trinajstić information content (AvgIpc) is 3.31. The lowest BCUT2D eigenvalue weighted by molar-refractivity contribution is -0.137. The standard InChI is InChI=1S/C19H20F3N3O5S2/c20-19(21,22)14-5-1-6-15(10-14)30-12-16(26)23-24-18(27)13-4-2-8-25(11-13)32(28,29)17-7-3-9-31-17/h1,3,5-7,9-10,13H,2,4,8,11-12H2,(H,23,26)(H,24,27). The second-order valence-corrected chi connectivity index (χ2v) is 10.1. The first kappa shape index (κ1) is 24.0. The Balaban J connectivity index is 1.48. The van der Waals surface area contributed by atoms with Crippen molar-refractivity contribution in [3.8, 4) is 5.75 Å². The summed E-state index contributed by atoms with van der Waals surface area (Å²) in [5.41, 5.74) is 3.42. The maximum atomic E-state index is 12.7. The summed E-state index contributed by atoms with van der Waals surface area (Å²) in [6.07, 6.45) is -3.62. The van der Waals surface area contributed by atoms with Gasteiger partial charge in [-0.25, -0.2) is 8.42 Å². The van der Waals surface area contributed by atoms with E-state index >= 15 is 0 Å². The Morgan fingerprint density at radius 3 is 2.66 bits per heavy atom. The van der Waals surface area contributed by atoms with E-state index < -0.39 is 46.1 Å². The first-order valence-corrected chi connectivity index (χ1v) is 11.8. The largest absolute Gasteiger partial charge is 0.484 e. The molecule has 0 aliphatic carbocycles. The molecule has 2 N–H and O–H groups in total. The molecule has 32 heavy (non-hydrogen) atoms. The number of hydrazine groups is 1. The Bertz CT molecular complexity index is 1060. The molecular formula is C19H20F3N3O5S2. The molecule has 1 atom stereocenters. The number of rotatable bonds is 6. The molecule has 2 aromatic rings. The molecule has 1 fully saturated rings. The number of sulfonamides is 1. The van der Waals surface area contributed by atoms with Crippen LogP contribution in [0.1, 0.15) is 18.4 Å². The maximum Gasteiger partial charge on any atom is 0.416 e. The summed E-state index contributed by atoms with van der Waals surface area (Å²) >= 11 is 1.09. The predicted molar refractivity (Wildman–Crippen MR) is 109 cm³/mol. The number of piperidine rings is 1. The predicted octanol–water partition coefficient (Wildman–Crippen LogP) is 2.39. The van der Waals surface area contributed by atoms with Crippen LogP contribution in [-0.2, 0) is 25.8 Å². The molecule has 3 rings (SSSR count). The molecule has 0 radical (unpaired) electrons. The fourth-order valence-corrected chi connectivity index (χ4v) is 5.76. The van der Waals surface area contributed by atoms with Gasteiger partial charge in [-0.3, -0.25) is 20.4 Å². The number of hydrogen-bond donors (Lipinski definition) is 2. The molecule has 1 unspecified atom stereocenters. The van der Waals surface area contributed by atoms with E-state index in [1.807, 2.05) is 0 Å². The third-order valence-corrected chi connectivity index (χ3v) is 7.94. The lowest BCUT2D eigenvalue weighted by Crippen LogP contribution is -2.50. The highest BCUT2D eigenvalue weighted by molar-refractivity contribution is 7.91. The highest BCUT2D eigenvalue weighted by atomic mass is 32.2. The minimum absolute atomic E-state index is 0.0251. The van der Waals surface area contributed by atoms with Crippen molar-refractivity contribution in [2.75, 3.05) is 19.7 Å². The van der Waals surface area contributed by atoms with Gasteiger partial charge in [-0.1, -0.05) is 12.1 Å². The highest BCUT2D eigenvalue weighted by Crippen LogP contribution is 2.31. The molecule has 174 valence electrons. The number of amides is 2. The van der Waals surface area contributed by atoms with Gasteiger partial charge >= 0.3 is 6.18 Å². The van der Waals surface area contributed by atoms with Crippen LogP contribution < -0.4 is 15.6 Å². The van der Waals surface area contributed by atoms with Gasteiger partial charge in [0.15, 0.2) is 6.61 Å². The smallest absolute Gasteiger partial charge is 0.416 e. The topological polar surface area (TPSA) is 105 Å². The molecular weight excluding hydrogens is 471 g/mol. The zero-order valence-corrected chi connectivity index (χ0v) is 18.2. The Kier molecular flexibility index (Phi) is 7.41. The van der Waals surface area contributed by atoms with Gasteiger partial charge in [-0.2, -0.15) is 17.5 Å². The number of benzene rings is 1. The number of nitrogens with one attached hydrogen (secondary N) is 2. The molecule has 1 aliphatic rings. The number of carbonyl (C=O) groups excluding carboxylic acids is 2. The van der Waals surface area contributed by atoms with E-state index in [9.17, 15) is 31.2 Å². The monoisotopic (exact) mass is 491 g/mol. The van der Waals surface area contributed by atoms with Gasteiger partial charge in [0.1, 0.15) is 9.96 Å². The van der Waals surface area contributed by atoms with E-state index in [0.29, 0.717) is 19.4 Å². The Labute approximate surface area is 186 Å². The van der Waals surface area contributed by atoms with Gasteiger partial charge in [0.05, 0.1) is 11.5 Å². The van der Waals surface area contributed by atoms with Gasteiger partial charge in [-0.05, 0) is 42.5 Å². The van der Waals surface area contributed by atoms with E-state index in [1.165, 1.54) is 16.4 Å². The van der Waals surface area contributed by atoms with Crippen molar-refractivity contribution >= 4 is 33.2 Å². The summed E-state index contributed by atoms with van der Waals surface area (Å²) in [5, 5.41) is 1.65. The van der Waals surface area contributed by atoms with E-state index in [1.54, 1.807) is 11.4 Å². The van der Waals surface area contributed by atoms with E-state index in [-0.39, 0.29) is 16.5 Å². The van der Waals surface area contributed by atoms with Crippen molar-refractivity contribution < 1.29 is 35.9 Å². The Hall–Kier alpha value is -2.64. The average molecular weight is 492 g/mol. The van der Waals surface area contributed by atoms with Crippen molar-refractivity contribution in [2.24, 2.45) is 5.92 Å². The van der Waals surface area contributed by atoms with Crippen LogP contribution in [0.5, 0.6) is 5.75 Å². The van der Waals surface area contributed by atoms with Crippen LogP contribution in [0.3, 0.4) is 0 Å². The van der Waals surface area contributed by atoms with Gasteiger partial charge < -0.3 is 4.74 Å². The summed E-state index contributed by atoms with van der Waals surface area (Å²) in [6, 6.07) is 7.18. The number of ether oxygens (including phenoxy) is 1. The van der Waals surface area contributed by atoms with Crippen molar-refractivity contribution in [1.82, 2.24) is 15.2 Å². The Morgan fingerprint density at radius 2 is 1.97 bits per heavy atom. The van der Waals surface area contributed by atoms with E-state index in [2.05, 4.69) is 10.9 Å². The summed E-state index contributed by atoms with van der Waals surface area (Å²) in [4.78, 5) is 24.3. The molecule has 1 saturated heterocycles. The Morgan fingerprint density at radius 1 is 1.19 bits per heavy atom. The zero-order valence-electron chi connectivity index (χ0n) is 16.6. The lowest BCUT2D eigenvalue weighted by Gasteiger charge is -2.30. The van der Waals surface area contributed by atoms with Crippen LogP contribution in [0, 0.1) is 5.92 Å². The molecule has 2 amide bonds. The SMILES string of the molecule is O=C(COc1cccc(C(F)(F)F)c1)NNC(=O)C1CCCN(S(=O)(=O)c2cccs2)C1. The van der Waals surface area contributed by atoms with E-state index in [0.717, 1.165) is 29.5 Å². The third kappa shape index (κ3) is 5.99. The third-order valence-electron chi connectivity index (χ3n) is 4.70. The normalized spacial score (nSPS) is 17.5. The second-order valence-electron chi connectivity index (χ2n) is 6.99. The molecule has 1 aromatic carbocycles. The minimum atomic E-state index is -4.54. The van der Waals surface area contributed by atoms with Crippen LogP contribution in [0.15, 0.2) is 46.0 Å². The van der Waals surface area contributed by atoms with Crippen molar-refractivity contribution in [3.63, 3.8) is 0 Å². The summed E-state index contributed by atoms with van der Waals surface area (Å²) in [7, 11) is -3.69. The maximum absolute atomic E-state index is 12.7. The number of nitrogens with zero attached hydrogens (tertiary/aromatic N) is 1. The summed E-state index contributed by atoms with van der Waals surface area (Å²) in [5.74, 6) is -2.16. The second kappa shape index (κ2) is 9.88. The first-order chi connectivity index (χ1) is 15.1. The number of carbonyl (C=O) groups is 2. The fraction of sp³-hybridized carbons (Fsp3) is 0.368. The molecule has 13 heteroatoms. The number of halogens is 3. The van der Waals surface area contributed by atoms with Crippen LogP contribution in [0.4, 0.5) is 13.2 Å². The quantitative estimate of drug-likeness (QED) is 0.604. The van der Waals surface area contributed by atoms with Crippen LogP contribution in [0.2, 0.25) is 0 Å². The van der Waals surface area contributed by atoms with Crippen molar-refractivity contribution in [3.05, 3.63) is 47.3 Å². The minimum Gasteiger partial charge on any atom is -0.484 e. The first-order valence-electron chi connectivity index (χ1n) is 9.50. The summed E-state index contributed by atoms with van der Waals surface area (Å²) < 4.78 is 69.9. The number of alkyl halides is 3. The van der Waals surface area contributed by atoms with Gasteiger partial charge in [0, 0.05) is 13.1 Å². The van der Waals surface area contributed by atoms with Crippen LogP contribution in [-0.4, -0.2) is 44.2 Å². The molecule has 0 saturated carbocycles. The van der Waals surface area contributed by atoms with Crippen LogP contribution in [0.25, 0.3) is 0 Å². The van der Waals surface area contributed by atoms with Crippen LogP contribution >= 0.6 is 11.3 Å². The highest BCUT2D eigenvalue weighted by Gasteiger charge is 2.34. The molecule has 8 nitrogen and oxygen atoms in total. The molecule has 2 heterocycles. The molecule has 0 spiro atoms. The van der Waals surface area contributed by atoms with Crippen molar-refractivity contribution in [1.29, 1.82) is 0 Å².